The van der Waals surface area contributed by atoms with Crippen molar-refractivity contribution in [1.29, 1.82) is 5.26 Å². The maximum Gasteiger partial charge on any atom is 0.291 e. The number of rotatable bonds is 8. The van der Waals surface area contributed by atoms with E-state index in [-0.39, 0.29) is 22.9 Å². The number of nitrogens with one attached hydrogen (secondary N) is 2. The van der Waals surface area contributed by atoms with E-state index in [1.165, 1.54) is 6.20 Å². The molecule has 9 heteroatoms. The van der Waals surface area contributed by atoms with E-state index in [0.29, 0.717) is 24.5 Å². The summed E-state index contributed by atoms with van der Waals surface area (Å²) in [7, 11) is 0. The summed E-state index contributed by atoms with van der Waals surface area (Å²) in [5.41, 5.74) is 2.89. The second kappa shape index (κ2) is 13.0. The molecule has 1 amide bonds. The highest BCUT2D eigenvalue weighted by Crippen LogP contribution is 2.40. The zero-order valence-electron chi connectivity index (χ0n) is 21.9. The number of anilines is 1. The van der Waals surface area contributed by atoms with Crippen LogP contribution in [-0.2, 0) is 0 Å². The Labute approximate surface area is 219 Å². The molecule has 0 saturated heterocycles. The molecule has 2 heterocycles. The molecule has 0 spiro atoms. The van der Waals surface area contributed by atoms with Crippen LogP contribution in [0.4, 0.5) is 5.69 Å². The van der Waals surface area contributed by atoms with Gasteiger partial charge >= 0.3 is 0 Å². The molecule has 2 aromatic heterocycles. The zero-order valence-corrected chi connectivity index (χ0v) is 22.8. The first-order chi connectivity index (χ1) is 16.9. The molecule has 36 heavy (non-hydrogen) atoms. The van der Waals surface area contributed by atoms with Gasteiger partial charge in [-0.05, 0) is 74.8 Å². The number of pyridine rings is 1. The SMILES string of the molecule is CC(C)(O)C[C@H](CS)c1ccc(NC(=O)c2ncc(C#N)[nH]2)c(C2=CCC(C)(C)CC2)n1.CCCO. The highest BCUT2D eigenvalue weighted by atomic mass is 32.1. The lowest BCUT2D eigenvalue weighted by molar-refractivity contribution is 0.0648. The number of aliphatic hydroxyl groups excluding tert-OH is 1. The number of aliphatic hydroxyl groups is 2. The number of amides is 1. The van der Waals surface area contributed by atoms with Gasteiger partial charge in [0.15, 0.2) is 5.82 Å². The summed E-state index contributed by atoms with van der Waals surface area (Å²) in [6.07, 6.45) is 7.77. The lowest BCUT2D eigenvalue weighted by Gasteiger charge is -2.29. The average Bonchev–Trinajstić information content (AvgIpc) is 3.32. The van der Waals surface area contributed by atoms with Crippen molar-refractivity contribution >= 4 is 29.8 Å². The van der Waals surface area contributed by atoms with E-state index in [1.807, 2.05) is 25.1 Å². The fourth-order valence-corrected chi connectivity index (χ4v) is 4.20. The molecule has 1 atom stereocenters. The van der Waals surface area contributed by atoms with E-state index in [2.05, 4.69) is 47.8 Å². The average molecular weight is 514 g/mol. The van der Waals surface area contributed by atoms with Crippen LogP contribution < -0.4 is 5.32 Å². The minimum Gasteiger partial charge on any atom is -0.396 e. The maximum absolute atomic E-state index is 12.7. The van der Waals surface area contributed by atoms with Gasteiger partial charge in [0.1, 0.15) is 11.8 Å². The Balaban J connectivity index is 0.00000106. The Morgan fingerprint density at radius 2 is 2.08 bits per heavy atom. The maximum atomic E-state index is 12.7. The summed E-state index contributed by atoms with van der Waals surface area (Å²) >= 11 is 4.49. The third-order valence-corrected chi connectivity index (χ3v) is 6.40. The Morgan fingerprint density at radius 1 is 1.39 bits per heavy atom. The number of thiol groups is 1. The summed E-state index contributed by atoms with van der Waals surface area (Å²) in [4.78, 5) is 24.4. The van der Waals surface area contributed by atoms with Crippen LogP contribution in [0.3, 0.4) is 0 Å². The normalized spacial score (nSPS) is 15.7. The first-order valence-electron chi connectivity index (χ1n) is 12.3. The largest absolute Gasteiger partial charge is 0.396 e. The fraction of sp³-hybridized carbons (Fsp3) is 0.556. The predicted molar refractivity (Wildman–Crippen MR) is 146 cm³/mol. The van der Waals surface area contributed by atoms with Gasteiger partial charge in [-0.2, -0.15) is 17.9 Å². The highest BCUT2D eigenvalue weighted by Gasteiger charge is 2.27. The number of nitriles is 1. The molecule has 0 radical (unpaired) electrons. The number of allylic oxidation sites excluding steroid dienone is 2. The molecule has 3 rings (SSSR count). The van der Waals surface area contributed by atoms with Gasteiger partial charge in [0, 0.05) is 18.2 Å². The zero-order chi connectivity index (χ0) is 26.9. The number of hydrogen-bond donors (Lipinski definition) is 5. The molecule has 0 bridgehead atoms. The molecule has 0 fully saturated rings. The van der Waals surface area contributed by atoms with E-state index in [4.69, 9.17) is 15.4 Å². The first kappa shape index (κ1) is 29.6. The monoisotopic (exact) mass is 513 g/mol. The van der Waals surface area contributed by atoms with Crippen molar-refractivity contribution in [2.24, 2.45) is 5.41 Å². The Kier molecular flexibility index (Phi) is 10.7. The summed E-state index contributed by atoms with van der Waals surface area (Å²) in [5.74, 6) is 0.176. The Hall–Kier alpha value is -2.67. The van der Waals surface area contributed by atoms with Crippen molar-refractivity contribution in [2.45, 2.75) is 78.2 Å². The first-order valence-corrected chi connectivity index (χ1v) is 13.0. The summed E-state index contributed by atoms with van der Waals surface area (Å²) in [6.45, 7) is 10.3. The van der Waals surface area contributed by atoms with Crippen LogP contribution in [0.2, 0.25) is 0 Å². The molecule has 1 aliphatic carbocycles. The third-order valence-electron chi connectivity index (χ3n) is 5.96. The van der Waals surface area contributed by atoms with Crippen LogP contribution in [0, 0.1) is 16.7 Å². The minimum absolute atomic E-state index is 0.0225. The van der Waals surface area contributed by atoms with Gasteiger partial charge in [-0.15, -0.1) is 0 Å². The number of H-pyrrole nitrogens is 1. The van der Waals surface area contributed by atoms with E-state index in [1.54, 1.807) is 13.8 Å². The fourth-order valence-electron chi connectivity index (χ4n) is 3.88. The van der Waals surface area contributed by atoms with Gasteiger partial charge in [-0.1, -0.05) is 26.8 Å². The number of aromatic nitrogens is 3. The molecule has 0 aromatic carbocycles. The lowest BCUT2D eigenvalue weighted by atomic mass is 9.77. The van der Waals surface area contributed by atoms with Crippen molar-refractivity contribution in [3.05, 3.63) is 47.3 Å². The summed E-state index contributed by atoms with van der Waals surface area (Å²) < 4.78 is 0. The van der Waals surface area contributed by atoms with Crippen molar-refractivity contribution in [1.82, 2.24) is 15.0 Å². The molecule has 0 aliphatic heterocycles. The number of hydrogen-bond acceptors (Lipinski definition) is 7. The van der Waals surface area contributed by atoms with Crippen LogP contribution in [-0.4, -0.2) is 49.0 Å². The number of aromatic amines is 1. The van der Waals surface area contributed by atoms with E-state index in [9.17, 15) is 9.90 Å². The smallest absolute Gasteiger partial charge is 0.291 e. The molecule has 2 aromatic rings. The van der Waals surface area contributed by atoms with Gasteiger partial charge in [-0.3, -0.25) is 9.78 Å². The standard InChI is InChI=1S/C24H31N5O2S.C3H8O/c1-23(2)9-7-15(8-10-23)20-19(29-22(30)21-26-13-17(12-25)27-21)6-5-18(28-20)16(14-32)11-24(3,4)31;1-2-3-4/h5-7,13,16,31-32H,8-11,14H2,1-4H3,(H,26,27)(H,29,30);4H,2-3H2,1H3/t16-;/m1./s1. The molecule has 0 unspecified atom stereocenters. The van der Waals surface area contributed by atoms with Crippen LogP contribution in [0.25, 0.3) is 5.57 Å². The van der Waals surface area contributed by atoms with Gasteiger partial charge in [0.2, 0.25) is 0 Å². The lowest BCUT2D eigenvalue weighted by Crippen LogP contribution is -2.24. The van der Waals surface area contributed by atoms with E-state index < -0.39 is 11.5 Å². The topological polar surface area (TPSA) is 135 Å². The predicted octanol–water partition coefficient (Wildman–Crippen LogP) is 5.09. The number of nitrogens with zero attached hydrogens (tertiary/aromatic N) is 3. The van der Waals surface area contributed by atoms with Gasteiger partial charge in [-0.25, -0.2) is 4.98 Å². The molecular formula is C27H39N5O3S. The summed E-state index contributed by atoms with van der Waals surface area (Å²) in [6, 6.07) is 5.66. The number of imidazole rings is 1. The number of carbonyl (C=O) groups excluding carboxylic acids is 1. The molecule has 0 saturated carbocycles. The molecular weight excluding hydrogens is 474 g/mol. The van der Waals surface area contributed by atoms with Crippen LogP contribution in [0.5, 0.6) is 0 Å². The Bertz CT molecular complexity index is 1090. The van der Waals surface area contributed by atoms with Gasteiger partial charge in [0.05, 0.1) is 23.2 Å². The Morgan fingerprint density at radius 3 is 2.58 bits per heavy atom. The molecule has 1 aliphatic rings. The quantitative estimate of drug-likeness (QED) is 0.312. The molecule has 196 valence electrons. The summed E-state index contributed by atoms with van der Waals surface area (Å²) in [5, 5.41) is 30.1. The van der Waals surface area contributed by atoms with Crippen molar-refractivity contribution < 1.29 is 15.0 Å². The van der Waals surface area contributed by atoms with Gasteiger partial charge < -0.3 is 20.5 Å². The van der Waals surface area contributed by atoms with Crippen LogP contribution >= 0.6 is 12.6 Å². The second-order valence-corrected chi connectivity index (χ2v) is 10.9. The molecule has 8 nitrogen and oxygen atoms in total. The van der Waals surface area contributed by atoms with Gasteiger partial charge in [0.25, 0.3) is 5.91 Å². The van der Waals surface area contributed by atoms with Crippen LogP contribution in [0.15, 0.2) is 24.4 Å². The van der Waals surface area contributed by atoms with Crippen molar-refractivity contribution in [3.8, 4) is 6.07 Å². The second-order valence-electron chi connectivity index (χ2n) is 10.6. The highest BCUT2D eigenvalue weighted by molar-refractivity contribution is 7.80. The van der Waals surface area contributed by atoms with Crippen molar-refractivity contribution in [3.63, 3.8) is 0 Å². The van der Waals surface area contributed by atoms with E-state index >= 15 is 0 Å². The number of carbonyl (C=O) groups is 1. The van der Waals surface area contributed by atoms with Crippen LogP contribution in [0.1, 0.15) is 100 Å². The molecule has 4 N–H and O–H groups in total. The third kappa shape index (κ3) is 8.77. The van der Waals surface area contributed by atoms with E-state index in [0.717, 1.165) is 42.6 Å². The minimum atomic E-state index is -0.839. The van der Waals surface area contributed by atoms with Crippen molar-refractivity contribution in [2.75, 3.05) is 17.7 Å².